The van der Waals surface area contributed by atoms with E-state index in [4.69, 9.17) is 19.9 Å². The third kappa shape index (κ3) is 4.73. The Morgan fingerprint density at radius 2 is 1.00 bits per heavy atom. The van der Waals surface area contributed by atoms with E-state index in [-0.39, 0.29) is 0 Å². The molecule has 0 aliphatic heterocycles. The van der Waals surface area contributed by atoms with E-state index >= 15 is 0 Å². The van der Waals surface area contributed by atoms with Gasteiger partial charge in [-0.2, -0.15) is 0 Å². The normalized spacial score (nSPS) is 11.4. The van der Waals surface area contributed by atoms with E-state index in [2.05, 4.69) is 120 Å². The molecule has 6 aromatic carbocycles. The molecule has 9 aromatic rings. The van der Waals surface area contributed by atoms with E-state index in [9.17, 15) is 0 Å². The van der Waals surface area contributed by atoms with Gasteiger partial charge in [-0.3, -0.25) is 4.98 Å². The van der Waals surface area contributed by atoms with Gasteiger partial charge in [-0.05, 0) is 46.2 Å². The Morgan fingerprint density at radius 1 is 0.383 bits per heavy atom. The molecule has 0 aliphatic carbocycles. The SMILES string of the molecule is c1ccc(-c2cccc(-c3nc(-c4ccccc4)nc(-c4cncc(-n5c6ccccc6c6c7ccccc7ccc65)c4)n3)c2)cc1. The van der Waals surface area contributed by atoms with Crippen LogP contribution in [0.1, 0.15) is 0 Å². The van der Waals surface area contributed by atoms with Crippen molar-refractivity contribution < 1.29 is 0 Å². The smallest absolute Gasteiger partial charge is 0.165 e. The van der Waals surface area contributed by atoms with Crippen LogP contribution in [0.3, 0.4) is 0 Å². The standard InChI is InChI=1S/C42H27N5/c1-3-12-28(13-4-1)31-17-11-18-32(24-31)41-44-40(30-15-5-2-6-16-30)45-42(46-41)33-25-34(27-43-26-33)47-37-21-10-9-20-36(37)39-35-19-8-7-14-29(35)22-23-38(39)47/h1-27H. The zero-order chi connectivity index (χ0) is 31.2. The van der Waals surface area contributed by atoms with Crippen LogP contribution in [0.15, 0.2) is 164 Å². The third-order valence-electron chi connectivity index (χ3n) is 8.70. The molecule has 220 valence electrons. The molecule has 9 rings (SSSR count). The van der Waals surface area contributed by atoms with Crippen LogP contribution in [0.2, 0.25) is 0 Å². The van der Waals surface area contributed by atoms with Gasteiger partial charge in [-0.15, -0.1) is 0 Å². The number of aromatic nitrogens is 5. The minimum atomic E-state index is 0.569. The predicted octanol–water partition coefficient (Wildman–Crippen LogP) is 10.2. The molecule has 47 heavy (non-hydrogen) atoms. The molecular formula is C42H27N5. The van der Waals surface area contributed by atoms with Gasteiger partial charge in [-0.1, -0.05) is 127 Å². The minimum Gasteiger partial charge on any atom is -0.308 e. The summed E-state index contributed by atoms with van der Waals surface area (Å²) in [5.74, 6) is 1.80. The van der Waals surface area contributed by atoms with Crippen molar-refractivity contribution >= 4 is 32.6 Å². The maximum absolute atomic E-state index is 5.05. The summed E-state index contributed by atoms with van der Waals surface area (Å²) in [6.07, 6.45) is 3.75. The average Bonchev–Trinajstić information content (AvgIpc) is 3.50. The topological polar surface area (TPSA) is 56.5 Å². The van der Waals surface area contributed by atoms with Crippen molar-refractivity contribution in [2.45, 2.75) is 0 Å². The quantitative estimate of drug-likeness (QED) is 0.197. The van der Waals surface area contributed by atoms with Crippen LogP contribution in [0.25, 0.3) is 83.6 Å². The summed E-state index contributed by atoms with van der Waals surface area (Å²) in [4.78, 5) is 19.7. The summed E-state index contributed by atoms with van der Waals surface area (Å²) < 4.78 is 2.29. The van der Waals surface area contributed by atoms with E-state index in [0.717, 1.165) is 44.5 Å². The van der Waals surface area contributed by atoms with E-state index in [1.165, 1.54) is 21.5 Å². The van der Waals surface area contributed by atoms with Crippen LogP contribution in [-0.2, 0) is 0 Å². The highest BCUT2D eigenvalue weighted by molar-refractivity contribution is 6.21. The van der Waals surface area contributed by atoms with Crippen molar-refractivity contribution in [2.24, 2.45) is 0 Å². The summed E-state index contributed by atoms with van der Waals surface area (Å²) in [5.41, 5.74) is 8.10. The first-order valence-corrected chi connectivity index (χ1v) is 15.6. The Hall–Kier alpha value is -6.46. The first-order valence-electron chi connectivity index (χ1n) is 15.6. The lowest BCUT2D eigenvalue weighted by Crippen LogP contribution is -2.02. The molecule has 0 bridgehead atoms. The van der Waals surface area contributed by atoms with Crippen LogP contribution in [-0.4, -0.2) is 24.5 Å². The summed E-state index contributed by atoms with van der Waals surface area (Å²) in [6.45, 7) is 0. The second-order valence-electron chi connectivity index (χ2n) is 11.6. The Bertz CT molecular complexity index is 2570. The molecule has 3 heterocycles. The van der Waals surface area contributed by atoms with Gasteiger partial charge in [0.25, 0.3) is 0 Å². The number of nitrogens with zero attached hydrogens (tertiary/aromatic N) is 5. The van der Waals surface area contributed by atoms with Crippen LogP contribution in [0.4, 0.5) is 0 Å². The number of para-hydroxylation sites is 1. The highest BCUT2D eigenvalue weighted by Gasteiger charge is 2.17. The Kier molecular flexibility index (Phi) is 6.39. The predicted molar refractivity (Wildman–Crippen MR) is 191 cm³/mol. The molecule has 0 radical (unpaired) electrons. The first kappa shape index (κ1) is 26.9. The molecule has 0 saturated heterocycles. The number of benzene rings is 6. The molecule has 0 amide bonds. The number of hydrogen-bond donors (Lipinski definition) is 0. The number of rotatable bonds is 5. The number of pyridine rings is 1. The Labute approximate surface area is 271 Å². The lowest BCUT2D eigenvalue weighted by molar-refractivity contribution is 1.06. The van der Waals surface area contributed by atoms with E-state index in [0.29, 0.717) is 17.5 Å². The van der Waals surface area contributed by atoms with Crippen molar-refractivity contribution in [3.63, 3.8) is 0 Å². The fourth-order valence-corrected chi connectivity index (χ4v) is 6.51. The molecule has 5 heteroatoms. The number of fused-ring (bicyclic) bond motifs is 5. The molecule has 0 fully saturated rings. The molecule has 0 unspecified atom stereocenters. The van der Waals surface area contributed by atoms with Crippen molar-refractivity contribution in [3.05, 3.63) is 164 Å². The molecule has 0 N–H and O–H groups in total. The van der Waals surface area contributed by atoms with E-state index in [1.807, 2.05) is 48.8 Å². The zero-order valence-corrected chi connectivity index (χ0v) is 25.3. The maximum atomic E-state index is 5.05. The average molecular weight is 602 g/mol. The van der Waals surface area contributed by atoms with Crippen molar-refractivity contribution in [2.75, 3.05) is 0 Å². The maximum Gasteiger partial charge on any atom is 0.165 e. The Morgan fingerprint density at radius 3 is 1.81 bits per heavy atom. The summed E-state index contributed by atoms with van der Waals surface area (Å²) >= 11 is 0. The van der Waals surface area contributed by atoms with Gasteiger partial charge in [0, 0.05) is 33.7 Å². The lowest BCUT2D eigenvalue weighted by atomic mass is 10.0. The third-order valence-corrected chi connectivity index (χ3v) is 8.70. The largest absolute Gasteiger partial charge is 0.308 e. The van der Waals surface area contributed by atoms with Gasteiger partial charge in [0.05, 0.1) is 22.9 Å². The summed E-state index contributed by atoms with van der Waals surface area (Å²) in [5, 5.41) is 4.89. The van der Waals surface area contributed by atoms with Crippen molar-refractivity contribution in [1.29, 1.82) is 0 Å². The van der Waals surface area contributed by atoms with Gasteiger partial charge in [0.2, 0.25) is 0 Å². The van der Waals surface area contributed by atoms with E-state index in [1.54, 1.807) is 0 Å². The zero-order valence-electron chi connectivity index (χ0n) is 25.3. The van der Waals surface area contributed by atoms with Crippen molar-refractivity contribution in [3.8, 4) is 51.0 Å². The Balaban J connectivity index is 1.23. The van der Waals surface area contributed by atoms with Crippen molar-refractivity contribution in [1.82, 2.24) is 24.5 Å². The second-order valence-corrected chi connectivity index (χ2v) is 11.6. The summed E-state index contributed by atoms with van der Waals surface area (Å²) in [7, 11) is 0. The summed E-state index contributed by atoms with van der Waals surface area (Å²) in [6, 6.07) is 52.4. The minimum absolute atomic E-state index is 0.569. The van der Waals surface area contributed by atoms with Gasteiger partial charge in [-0.25, -0.2) is 15.0 Å². The fraction of sp³-hybridized carbons (Fsp3) is 0. The highest BCUT2D eigenvalue weighted by Crippen LogP contribution is 2.37. The number of hydrogen-bond acceptors (Lipinski definition) is 4. The molecule has 3 aromatic heterocycles. The van der Waals surface area contributed by atoms with E-state index < -0.39 is 0 Å². The monoisotopic (exact) mass is 601 g/mol. The second kappa shape index (κ2) is 11.2. The molecular weight excluding hydrogens is 574 g/mol. The van der Waals surface area contributed by atoms with Crippen LogP contribution >= 0.6 is 0 Å². The fourth-order valence-electron chi connectivity index (χ4n) is 6.51. The van der Waals surface area contributed by atoms with Crippen LogP contribution in [0.5, 0.6) is 0 Å². The first-order chi connectivity index (χ1) is 23.3. The van der Waals surface area contributed by atoms with Gasteiger partial charge in [0.1, 0.15) is 0 Å². The van der Waals surface area contributed by atoms with Crippen LogP contribution < -0.4 is 0 Å². The lowest BCUT2D eigenvalue weighted by Gasteiger charge is -2.11. The van der Waals surface area contributed by atoms with Gasteiger partial charge in [0.15, 0.2) is 17.5 Å². The molecule has 0 spiro atoms. The van der Waals surface area contributed by atoms with Gasteiger partial charge >= 0.3 is 0 Å². The van der Waals surface area contributed by atoms with Crippen LogP contribution in [0, 0.1) is 0 Å². The molecule has 5 nitrogen and oxygen atoms in total. The van der Waals surface area contributed by atoms with Gasteiger partial charge < -0.3 is 4.57 Å². The molecule has 0 aliphatic rings. The molecule has 0 saturated carbocycles. The highest BCUT2D eigenvalue weighted by atomic mass is 15.0. The molecule has 0 atom stereocenters.